The van der Waals surface area contributed by atoms with Gasteiger partial charge >= 0.3 is 12.4 Å². The Hall–Kier alpha value is -1.52. The van der Waals surface area contributed by atoms with Crippen LogP contribution in [0.3, 0.4) is 0 Å². The number of rotatable bonds is 8. The molecular weight excluding hydrogens is 428 g/mol. The van der Waals surface area contributed by atoms with Gasteiger partial charge in [0.25, 0.3) is 0 Å². The topological polar surface area (TPSA) is 35.5 Å². The van der Waals surface area contributed by atoms with E-state index in [0.717, 1.165) is 0 Å². The Balaban J connectivity index is 0.00000450. The molecule has 11 heteroatoms. The van der Waals surface area contributed by atoms with E-state index in [1.807, 2.05) is 6.92 Å². The molecule has 0 aliphatic carbocycles. The van der Waals surface area contributed by atoms with Crippen LogP contribution in [0.2, 0.25) is 0 Å². The van der Waals surface area contributed by atoms with Crippen molar-refractivity contribution in [2.45, 2.75) is 19.3 Å². The average molecular weight is 445 g/mol. The Morgan fingerprint density at radius 3 is 1.90 bits per heavy atom. The van der Waals surface area contributed by atoms with Gasteiger partial charge < -0.3 is 9.47 Å². The Morgan fingerprint density at radius 2 is 1.43 bits per heavy atom. The Bertz CT molecular complexity index is 805. The molecule has 30 heavy (non-hydrogen) atoms. The van der Waals surface area contributed by atoms with Crippen molar-refractivity contribution in [3.8, 4) is 5.75 Å². The molecule has 0 N–H and O–H groups in total. The Morgan fingerprint density at radius 1 is 0.900 bits per heavy atom. The summed E-state index contributed by atoms with van der Waals surface area (Å²) in [5.41, 5.74) is -5.79. The Kier molecular flexibility index (Phi) is 9.90. The molecule has 0 fully saturated rings. The molecule has 0 aromatic heterocycles. The number of hydrogen-bond acceptors (Lipinski definition) is 3. The zero-order chi connectivity index (χ0) is 21.7. The smallest absolute Gasteiger partial charge is 0.417 e. The molecule has 3 nitrogen and oxygen atoms in total. The molecule has 0 spiro atoms. The molecule has 1 radical (unpaired) electrons. The number of alkyl halides is 6. The van der Waals surface area contributed by atoms with E-state index < -0.39 is 43.1 Å². The summed E-state index contributed by atoms with van der Waals surface area (Å²) in [5.74, 6) is 0.442. The van der Waals surface area contributed by atoms with E-state index in [4.69, 9.17) is 9.47 Å². The summed E-state index contributed by atoms with van der Waals surface area (Å²) < 4.78 is 89.7. The molecule has 0 aliphatic heterocycles. The summed E-state index contributed by atoms with van der Waals surface area (Å²) in [6, 6.07) is 7.42. The third kappa shape index (κ3) is 7.31. The molecule has 0 amide bonds. The van der Waals surface area contributed by atoms with Crippen molar-refractivity contribution in [1.82, 2.24) is 0 Å². The maximum atomic E-state index is 13.2. The maximum absolute atomic E-state index is 13.2. The largest absolute Gasteiger partial charge is 0.491 e. The quantitative estimate of drug-likeness (QED) is 0.251. The van der Waals surface area contributed by atoms with Crippen molar-refractivity contribution in [1.29, 1.82) is 0 Å². The van der Waals surface area contributed by atoms with Crippen LogP contribution >= 0.6 is 8.58 Å². The average Bonchev–Trinajstić information content (AvgIpc) is 2.64. The van der Waals surface area contributed by atoms with Crippen LogP contribution < -0.4 is 10.0 Å². The standard InChI is InChI=1S/C19H17F6O3P.Li/c1-2-27-10-11-28-12-6-8-13(9-7-12)29-17(26)16-14(18(20,21)22)4-3-5-15(16)19(23,24)25;/h3-9,29H,2,10-11H2,1H3;. The molecule has 0 saturated carbocycles. The predicted octanol–water partition coefficient (Wildman–Crippen LogP) is 4.90. The third-order valence-electron chi connectivity index (χ3n) is 3.72. The summed E-state index contributed by atoms with van der Waals surface area (Å²) in [4.78, 5) is 12.4. The van der Waals surface area contributed by atoms with Gasteiger partial charge in [0.1, 0.15) is 12.4 Å². The van der Waals surface area contributed by atoms with Crippen molar-refractivity contribution >= 4 is 38.3 Å². The maximum Gasteiger partial charge on any atom is 0.417 e. The second-order valence-electron chi connectivity index (χ2n) is 5.75. The first-order chi connectivity index (χ1) is 13.5. The van der Waals surface area contributed by atoms with E-state index in [1.165, 1.54) is 24.3 Å². The predicted molar refractivity (Wildman–Crippen MR) is 103 cm³/mol. The zero-order valence-corrected chi connectivity index (χ0v) is 17.2. The molecule has 1 atom stereocenters. The molecule has 0 heterocycles. The van der Waals surface area contributed by atoms with Crippen LogP contribution in [0.25, 0.3) is 0 Å². The van der Waals surface area contributed by atoms with Crippen LogP contribution in [0.4, 0.5) is 26.3 Å². The number of halogens is 6. The second-order valence-corrected chi connectivity index (χ2v) is 7.03. The van der Waals surface area contributed by atoms with E-state index in [-0.39, 0.29) is 30.8 Å². The minimum absolute atomic E-state index is 0. The van der Waals surface area contributed by atoms with Crippen LogP contribution in [0.5, 0.6) is 5.75 Å². The fourth-order valence-corrected chi connectivity index (χ4v) is 3.45. The summed E-state index contributed by atoms with van der Waals surface area (Å²) in [6.07, 6.45) is -10.2. The summed E-state index contributed by atoms with van der Waals surface area (Å²) >= 11 is 0. The van der Waals surface area contributed by atoms with Gasteiger partial charge in [-0.15, -0.1) is 0 Å². The van der Waals surface area contributed by atoms with Crippen LogP contribution in [-0.4, -0.2) is 44.2 Å². The first kappa shape index (κ1) is 26.5. The van der Waals surface area contributed by atoms with Gasteiger partial charge in [0.05, 0.1) is 17.7 Å². The van der Waals surface area contributed by atoms with Gasteiger partial charge in [0, 0.05) is 31.0 Å². The summed E-state index contributed by atoms with van der Waals surface area (Å²) in [7, 11) is -0.914. The van der Waals surface area contributed by atoms with Crippen molar-refractivity contribution in [3.05, 3.63) is 59.2 Å². The molecular formula is C19H17F6LiO3P. The van der Waals surface area contributed by atoms with Crippen LogP contribution in [0.1, 0.15) is 28.4 Å². The van der Waals surface area contributed by atoms with Gasteiger partial charge in [-0.2, -0.15) is 26.3 Å². The van der Waals surface area contributed by atoms with Crippen molar-refractivity contribution in [3.63, 3.8) is 0 Å². The third-order valence-corrected chi connectivity index (χ3v) is 4.81. The number of ether oxygens (including phenoxy) is 2. The van der Waals surface area contributed by atoms with Crippen molar-refractivity contribution < 1.29 is 40.6 Å². The van der Waals surface area contributed by atoms with Gasteiger partial charge in [-0.25, -0.2) is 0 Å². The van der Waals surface area contributed by atoms with E-state index in [2.05, 4.69) is 0 Å². The fraction of sp³-hybridized carbons (Fsp3) is 0.316. The molecule has 2 rings (SSSR count). The molecule has 0 bridgehead atoms. The van der Waals surface area contributed by atoms with E-state index in [0.29, 0.717) is 37.2 Å². The van der Waals surface area contributed by atoms with Crippen LogP contribution in [0.15, 0.2) is 42.5 Å². The number of carbonyl (C=O) groups is 1. The van der Waals surface area contributed by atoms with Gasteiger partial charge in [-0.1, -0.05) is 18.2 Å². The molecule has 2 aromatic rings. The second kappa shape index (κ2) is 11.2. The molecule has 0 saturated heterocycles. The van der Waals surface area contributed by atoms with Gasteiger partial charge in [0.2, 0.25) is 0 Å². The van der Waals surface area contributed by atoms with Crippen molar-refractivity contribution in [2.75, 3.05) is 19.8 Å². The van der Waals surface area contributed by atoms with Gasteiger partial charge in [0.15, 0.2) is 5.52 Å². The SMILES string of the molecule is CCOCCOc1ccc(PC(=O)c2c(C(F)(F)F)cccc2C(F)(F)F)cc1.[Li]. The van der Waals surface area contributed by atoms with Gasteiger partial charge in [-0.3, -0.25) is 4.79 Å². The normalized spacial score (nSPS) is 12.1. The van der Waals surface area contributed by atoms with Crippen molar-refractivity contribution in [2.24, 2.45) is 0 Å². The Labute approximate surface area is 183 Å². The number of carbonyl (C=O) groups excluding carboxylic acids is 1. The summed E-state index contributed by atoms with van der Waals surface area (Å²) in [5, 5.41) is 0.289. The summed E-state index contributed by atoms with van der Waals surface area (Å²) in [6.45, 7) is 3.01. The molecule has 1 unspecified atom stereocenters. The molecule has 2 aromatic carbocycles. The van der Waals surface area contributed by atoms with E-state index in [9.17, 15) is 31.1 Å². The van der Waals surface area contributed by atoms with Gasteiger partial charge in [-0.05, 0) is 45.1 Å². The van der Waals surface area contributed by atoms with E-state index in [1.54, 1.807) is 0 Å². The van der Waals surface area contributed by atoms with Crippen LogP contribution in [-0.2, 0) is 17.1 Å². The molecule has 159 valence electrons. The minimum atomic E-state index is -5.09. The monoisotopic (exact) mass is 445 g/mol. The first-order valence-electron chi connectivity index (χ1n) is 8.43. The first-order valence-corrected chi connectivity index (χ1v) is 9.43. The number of benzene rings is 2. The fourth-order valence-electron chi connectivity index (χ4n) is 2.46. The number of hydrogen-bond donors (Lipinski definition) is 0. The van der Waals surface area contributed by atoms with E-state index >= 15 is 0 Å². The van der Waals surface area contributed by atoms with Crippen LogP contribution in [0, 0.1) is 0 Å². The molecule has 0 aliphatic rings. The minimum Gasteiger partial charge on any atom is -0.491 e. The zero-order valence-electron chi connectivity index (χ0n) is 16.2.